The lowest BCUT2D eigenvalue weighted by Crippen LogP contribution is -2.13. The molecule has 104 valence electrons. The Hall–Kier alpha value is -2.14. The molecule has 20 heavy (non-hydrogen) atoms. The van der Waals surface area contributed by atoms with E-state index >= 15 is 0 Å². The van der Waals surface area contributed by atoms with Crippen LogP contribution < -0.4 is 4.74 Å². The van der Waals surface area contributed by atoms with Gasteiger partial charge in [0, 0.05) is 24.3 Å². The molecule has 1 aromatic heterocycles. The molecule has 1 aromatic carbocycles. The van der Waals surface area contributed by atoms with Gasteiger partial charge in [-0.15, -0.1) is 0 Å². The van der Waals surface area contributed by atoms with E-state index in [4.69, 9.17) is 16.3 Å². The Kier molecular flexibility index (Phi) is 3.63. The minimum Gasteiger partial charge on any atom is -0.408 e. The van der Waals surface area contributed by atoms with Gasteiger partial charge >= 0.3 is 5.97 Å². The van der Waals surface area contributed by atoms with Gasteiger partial charge in [-0.1, -0.05) is 11.6 Å². The average Bonchev–Trinajstić information content (AvgIpc) is 2.60. The smallest absolute Gasteiger partial charge is 0.309 e. The first-order valence-electron chi connectivity index (χ1n) is 5.87. The van der Waals surface area contributed by atoms with Crippen LogP contribution >= 0.6 is 11.6 Å². The Bertz CT molecular complexity index is 745. The van der Waals surface area contributed by atoms with Crippen molar-refractivity contribution in [1.82, 2.24) is 4.57 Å². The van der Waals surface area contributed by atoms with E-state index in [9.17, 15) is 14.4 Å². The van der Waals surface area contributed by atoms with Crippen LogP contribution in [0.25, 0.3) is 10.9 Å². The van der Waals surface area contributed by atoms with Gasteiger partial charge in [0.15, 0.2) is 5.78 Å². The first-order chi connectivity index (χ1) is 9.32. The van der Waals surface area contributed by atoms with E-state index in [1.165, 1.54) is 25.3 Å². The van der Waals surface area contributed by atoms with Crippen LogP contribution in [0.5, 0.6) is 5.88 Å². The van der Waals surface area contributed by atoms with Gasteiger partial charge in [-0.05, 0) is 25.1 Å². The molecular formula is C14H12ClNO4. The first-order valence-corrected chi connectivity index (χ1v) is 6.25. The fraction of sp³-hybridized carbons (Fsp3) is 0.214. The van der Waals surface area contributed by atoms with Crippen molar-refractivity contribution in [3.05, 3.63) is 28.8 Å². The number of carbonyl (C=O) groups is 3. The molecule has 6 heteroatoms. The van der Waals surface area contributed by atoms with Gasteiger partial charge in [0.25, 0.3) is 0 Å². The number of hydrogen-bond acceptors (Lipinski definition) is 4. The molecule has 2 aromatic rings. The predicted octanol–water partition coefficient (Wildman–Crippen LogP) is 3.08. The number of carbonyl (C=O) groups excluding carboxylic acids is 3. The number of rotatable bonds is 2. The second-order valence-corrected chi connectivity index (χ2v) is 4.78. The molecule has 1 heterocycles. The number of benzene rings is 1. The van der Waals surface area contributed by atoms with Crippen molar-refractivity contribution in [3.8, 4) is 5.88 Å². The minimum absolute atomic E-state index is 0.0604. The van der Waals surface area contributed by atoms with Crippen LogP contribution in [0.15, 0.2) is 18.2 Å². The monoisotopic (exact) mass is 293 g/mol. The highest BCUT2D eigenvalue weighted by Gasteiger charge is 2.25. The van der Waals surface area contributed by atoms with Gasteiger partial charge in [0.2, 0.25) is 11.8 Å². The van der Waals surface area contributed by atoms with Gasteiger partial charge in [0.05, 0.1) is 11.1 Å². The molecule has 0 radical (unpaired) electrons. The summed E-state index contributed by atoms with van der Waals surface area (Å²) in [6.45, 7) is 3.87. The van der Waals surface area contributed by atoms with Crippen molar-refractivity contribution in [2.45, 2.75) is 20.8 Å². The number of ether oxygens (including phenoxy) is 1. The lowest BCUT2D eigenvalue weighted by Gasteiger charge is -2.06. The summed E-state index contributed by atoms with van der Waals surface area (Å²) in [5, 5.41) is 0.909. The van der Waals surface area contributed by atoms with Crippen LogP contribution in [0.2, 0.25) is 5.02 Å². The number of esters is 1. The average molecular weight is 294 g/mol. The molecular weight excluding hydrogens is 282 g/mol. The summed E-state index contributed by atoms with van der Waals surface area (Å²) in [5.41, 5.74) is 0.649. The quantitative estimate of drug-likeness (QED) is 0.630. The van der Waals surface area contributed by atoms with Gasteiger partial charge in [-0.3, -0.25) is 14.4 Å². The lowest BCUT2D eigenvalue weighted by atomic mass is 10.1. The molecule has 2 rings (SSSR count). The SMILES string of the molecule is CC(=O)Oc1c(C(C)=O)c2cc(Cl)ccc2n1C(C)=O. The highest BCUT2D eigenvalue weighted by atomic mass is 35.5. The number of fused-ring (bicyclic) bond motifs is 1. The molecule has 5 nitrogen and oxygen atoms in total. The summed E-state index contributed by atoms with van der Waals surface area (Å²) in [6, 6.07) is 4.78. The normalized spacial score (nSPS) is 10.6. The summed E-state index contributed by atoms with van der Waals surface area (Å²) in [6.07, 6.45) is 0. The van der Waals surface area contributed by atoms with Crippen molar-refractivity contribution in [2.24, 2.45) is 0 Å². The highest BCUT2D eigenvalue weighted by molar-refractivity contribution is 6.31. The standard InChI is InChI=1S/C14H12ClNO4/c1-7(17)13-11-6-10(15)4-5-12(11)16(8(2)18)14(13)20-9(3)19/h4-6H,1-3H3. The van der Waals surface area contributed by atoms with Gasteiger partial charge in [-0.25, -0.2) is 4.57 Å². The van der Waals surface area contributed by atoms with E-state index in [1.807, 2.05) is 0 Å². The minimum atomic E-state index is -0.607. The zero-order valence-corrected chi connectivity index (χ0v) is 11.9. The van der Waals surface area contributed by atoms with Crippen molar-refractivity contribution in [2.75, 3.05) is 0 Å². The third kappa shape index (κ3) is 2.32. The summed E-state index contributed by atoms with van der Waals surface area (Å²) in [5.74, 6) is -1.34. The van der Waals surface area contributed by atoms with Crippen LogP contribution in [-0.4, -0.2) is 22.2 Å². The molecule has 0 amide bonds. The summed E-state index contributed by atoms with van der Waals surface area (Å²) in [4.78, 5) is 34.9. The van der Waals surface area contributed by atoms with Crippen molar-refractivity contribution in [1.29, 1.82) is 0 Å². The third-order valence-electron chi connectivity index (χ3n) is 2.79. The van der Waals surface area contributed by atoms with Crippen LogP contribution in [0.4, 0.5) is 0 Å². The predicted molar refractivity (Wildman–Crippen MR) is 74.6 cm³/mol. The number of Topliss-reactive ketones (excluding diaryl/α,β-unsaturated/α-hetero) is 1. The van der Waals surface area contributed by atoms with Crippen molar-refractivity contribution < 1.29 is 19.1 Å². The number of hydrogen-bond donors (Lipinski definition) is 0. The summed E-state index contributed by atoms with van der Waals surface area (Å²) in [7, 11) is 0. The Labute approximate surface area is 120 Å². The Morgan fingerprint density at radius 1 is 1.15 bits per heavy atom. The largest absolute Gasteiger partial charge is 0.408 e. The van der Waals surface area contributed by atoms with E-state index in [-0.39, 0.29) is 23.1 Å². The Balaban J connectivity index is 2.94. The molecule has 0 aliphatic heterocycles. The maximum Gasteiger partial charge on any atom is 0.309 e. The third-order valence-corrected chi connectivity index (χ3v) is 3.03. The number of nitrogens with zero attached hydrogens (tertiary/aromatic N) is 1. The number of aromatic nitrogens is 1. The van der Waals surface area contributed by atoms with E-state index in [0.29, 0.717) is 15.9 Å². The molecule has 0 fully saturated rings. The molecule has 0 unspecified atom stereocenters. The Morgan fingerprint density at radius 2 is 1.80 bits per heavy atom. The van der Waals surface area contributed by atoms with Gasteiger partial charge in [0.1, 0.15) is 0 Å². The van der Waals surface area contributed by atoms with E-state index in [0.717, 1.165) is 0 Å². The zero-order valence-electron chi connectivity index (χ0n) is 11.2. The number of halogens is 1. The second kappa shape index (κ2) is 5.09. The summed E-state index contributed by atoms with van der Waals surface area (Å²) < 4.78 is 6.26. The van der Waals surface area contributed by atoms with Crippen LogP contribution in [0.3, 0.4) is 0 Å². The van der Waals surface area contributed by atoms with Crippen molar-refractivity contribution in [3.63, 3.8) is 0 Å². The maximum absolute atomic E-state index is 11.8. The first kappa shape index (κ1) is 14.3. The fourth-order valence-electron chi connectivity index (χ4n) is 2.13. The maximum atomic E-state index is 11.8. The molecule has 0 N–H and O–H groups in total. The molecule has 0 aliphatic rings. The molecule has 0 saturated carbocycles. The van der Waals surface area contributed by atoms with Gasteiger partial charge < -0.3 is 4.74 Å². The highest BCUT2D eigenvalue weighted by Crippen LogP contribution is 2.34. The van der Waals surface area contributed by atoms with Crippen LogP contribution in [-0.2, 0) is 4.79 Å². The molecule has 0 spiro atoms. The topological polar surface area (TPSA) is 65.4 Å². The lowest BCUT2D eigenvalue weighted by molar-refractivity contribution is -0.132. The van der Waals surface area contributed by atoms with E-state index in [1.54, 1.807) is 18.2 Å². The molecule has 0 bridgehead atoms. The van der Waals surface area contributed by atoms with Crippen molar-refractivity contribution >= 4 is 40.2 Å². The summed E-state index contributed by atoms with van der Waals surface area (Å²) >= 11 is 5.93. The fourth-order valence-corrected chi connectivity index (χ4v) is 2.30. The van der Waals surface area contributed by atoms with E-state index < -0.39 is 5.97 Å². The zero-order chi connectivity index (χ0) is 15.0. The van der Waals surface area contributed by atoms with Crippen LogP contribution in [0, 0.1) is 0 Å². The molecule has 0 saturated heterocycles. The van der Waals surface area contributed by atoms with Gasteiger partial charge in [-0.2, -0.15) is 0 Å². The second-order valence-electron chi connectivity index (χ2n) is 4.35. The molecule has 0 atom stereocenters. The Morgan fingerprint density at radius 3 is 2.30 bits per heavy atom. The van der Waals surface area contributed by atoms with E-state index in [2.05, 4.69) is 0 Å². The molecule has 0 aliphatic carbocycles. The van der Waals surface area contributed by atoms with Crippen LogP contribution in [0.1, 0.15) is 35.9 Å². The number of ketones is 1.